The Kier molecular flexibility index (Phi) is 2.87. The summed E-state index contributed by atoms with van der Waals surface area (Å²) in [7, 11) is 0. The van der Waals surface area contributed by atoms with Crippen LogP contribution in [0, 0.1) is 11.8 Å². The first-order valence-corrected chi connectivity index (χ1v) is 5.48. The summed E-state index contributed by atoms with van der Waals surface area (Å²) in [4.78, 5) is 4.11. The lowest BCUT2D eigenvalue weighted by molar-refractivity contribution is 0.197. The van der Waals surface area contributed by atoms with Crippen LogP contribution in [0.5, 0.6) is 0 Å². The Bertz CT molecular complexity index is 268. The van der Waals surface area contributed by atoms with E-state index in [0.29, 0.717) is 12.0 Å². The number of imidazole rings is 1. The van der Waals surface area contributed by atoms with Gasteiger partial charge in [0.25, 0.3) is 0 Å². The summed E-state index contributed by atoms with van der Waals surface area (Å²) in [5.74, 6) is 1.46. The summed E-state index contributed by atoms with van der Waals surface area (Å²) in [6, 6.07) is 0.575. The van der Waals surface area contributed by atoms with Crippen LogP contribution in [0.4, 0.5) is 0 Å². The van der Waals surface area contributed by atoms with Gasteiger partial charge in [0.15, 0.2) is 0 Å². The first-order valence-electron chi connectivity index (χ1n) is 5.48. The number of hydrogen-bond acceptors (Lipinski definition) is 2. The summed E-state index contributed by atoms with van der Waals surface area (Å²) < 4.78 is 2.23. The molecule has 3 nitrogen and oxygen atoms in total. The van der Waals surface area contributed by atoms with E-state index in [1.165, 1.54) is 19.3 Å². The fourth-order valence-corrected chi connectivity index (χ4v) is 2.52. The zero-order chi connectivity index (χ0) is 9.97. The lowest BCUT2D eigenvalue weighted by atomic mass is 9.79. The summed E-state index contributed by atoms with van der Waals surface area (Å²) in [6.45, 7) is 3.13. The Morgan fingerprint density at radius 2 is 2.36 bits per heavy atom. The van der Waals surface area contributed by atoms with Crippen molar-refractivity contribution in [1.82, 2.24) is 9.55 Å². The van der Waals surface area contributed by atoms with Gasteiger partial charge in [-0.1, -0.05) is 13.3 Å². The molecule has 3 heteroatoms. The van der Waals surface area contributed by atoms with Gasteiger partial charge in [0.1, 0.15) is 0 Å². The molecule has 1 aromatic rings. The molecule has 0 spiro atoms. The molecule has 1 fully saturated rings. The van der Waals surface area contributed by atoms with Crippen molar-refractivity contribution in [3.8, 4) is 0 Å². The molecule has 14 heavy (non-hydrogen) atoms. The molecule has 1 aliphatic carbocycles. The van der Waals surface area contributed by atoms with E-state index >= 15 is 0 Å². The first kappa shape index (κ1) is 9.71. The molecule has 1 heterocycles. The van der Waals surface area contributed by atoms with Gasteiger partial charge in [0.05, 0.1) is 6.33 Å². The van der Waals surface area contributed by atoms with Gasteiger partial charge in [-0.25, -0.2) is 4.98 Å². The molecule has 3 unspecified atom stereocenters. The largest absolute Gasteiger partial charge is 0.334 e. The van der Waals surface area contributed by atoms with E-state index < -0.39 is 0 Å². The van der Waals surface area contributed by atoms with Gasteiger partial charge in [0.2, 0.25) is 0 Å². The van der Waals surface area contributed by atoms with Crippen LogP contribution in [0.2, 0.25) is 0 Å². The third-order valence-electron chi connectivity index (χ3n) is 3.43. The van der Waals surface area contributed by atoms with Crippen LogP contribution >= 0.6 is 0 Å². The zero-order valence-corrected chi connectivity index (χ0v) is 8.76. The predicted molar refractivity (Wildman–Crippen MR) is 56.8 cm³/mol. The van der Waals surface area contributed by atoms with Crippen molar-refractivity contribution in [2.75, 3.05) is 6.54 Å². The molecule has 0 aromatic carbocycles. The van der Waals surface area contributed by atoms with E-state index in [9.17, 15) is 0 Å². The number of nitrogens with zero attached hydrogens (tertiary/aromatic N) is 2. The molecule has 78 valence electrons. The topological polar surface area (TPSA) is 43.8 Å². The van der Waals surface area contributed by atoms with Crippen LogP contribution in [-0.2, 0) is 0 Å². The molecule has 0 radical (unpaired) electrons. The molecule has 0 saturated heterocycles. The highest BCUT2D eigenvalue weighted by molar-refractivity contribution is 4.88. The van der Waals surface area contributed by atoms with Gasteiger partial charge in [-0.3, -0.25) is 0 Å². The van der Waals surface area contributed by atoms with Crippen molar-refractivity contribution in [3.05, 3.63) is 18.7 Å². The fraction of sp³-hybridized carbons (Fsp3) is 0.727. The standard InChI is InChI=1S/C11H19N3/c1-9-2-3-10(7-12)11(6-9)14-5-4-13-8-14/h4-5,8-11H,2-3,6-7,12H2,1H3. The summed E-state index contributed by atoms with van der Waals surface area (Å²) in [6.07, 6.45) is 9.68. The van der Waals surface area contributed by atoms with Gasteiger partial charge in [-0.05, 0) is 31.2 Å². The Balaban J connectivity index is 2.13. The average Bonchev–Trinajstić information content (AvgIpc) is 2.70. The summed E-state index contributed by atoms with van der Waals surface area (Å²) in [5, 5.41) is 0. The minimum absolute atomic E-state index is 0.575. The Hall–Kier alpha value is -0.830. The molecular weight excluding hydrogens is 174 g/mol. The second-order valence-corrected chi connectivity index (χ2v) is 4.49. The maximum Gasteiger partial charge on any atom is 0.0948 e. The second-order valence-electron chi connectivity index (χ2n) is 4.49. The van der Waals surface area contributed by atoms with Crippen molar-refractivity contribution in [2.24, 2.45) is 17.6 Å². The van der Waals surface area contributed by atoms with Crippen molar-refractivity contribution in [3.63, 3.8) is 0 Å². The monoisotopic (exact) mass is 193 g/mol. The smallest absolute Gasteiger partial charge is 0.0948 e. The van der Waals surface area contributed by atoms with Gasteiger partial charge >= 0.3 is 0 Å². The van der Waals surface area contributed by atoms with Crippen LogP contribution in [0.25, 0.3) is 0 Å². The number of rotatable bonds is 2. The number of hydrogen-bond donors (Lipinski definition) is 1. The van der Waals surface area contributed by atoms with Crippen molar-refractivity contribution in [1.29, 1.82) is 0 Å². The summed E-state index contributed by atoms with van der Waals surface area (Å²) in [5.41, 5.74) is 5.81. The molecule has 1 aliphatic rings. The minimum Gasteiger partial charge on any atom is -0.334 e. The molecule has 1 aromatic heterocycles. The van der Waals surface area contributed by atoms with Crippen LogP contribution in [0.1, 0.15) is 32.2 Å². The Morgan fingerprint density at radius 1 is 1.50 bits per heavy atom. The molecule has 1 saturated carbocycles. The molecule has 0 bridgehead atoms. The molecule has 0 aliphatic heterocycles. The second kappa shape index (κ2) is 4.13. The van der Waals surface area contributed by atoms with Crippen LogP contribution in [0.15, 0.2) is 18.7 Å². The van der Waals surface area contributed by atoms with E-state index in [1.54, 1.807) is 0 Å². The molecule has 0 amide bonds. The van der Waals surface area contributed by atoms with Gasteiger partial charge in [0, 0.05) is 18.4 Å². The third kappa shape index (κ3) is 1.82. The quantitative estimate of drug-likeness (QED) is 0.778. The predicted octanol–water partition coefficient (Wildman–Crippen LogP) is 1.82. The highest BCUT2D eigenvalue weighted by Gasteiger charge is 2.28. The minimum atomic E-state index is 0.575. The SMILES string of the molecule is CC1CCC(CN)C(n2ccnc2)C1. The lowest BCUT2D eigenvalue weighted by Crippen LogP contribution is -2.31. The van der Waals surface area contributed by atoms with Crippen LogP contribution < -0.4 is 5.73 Å². The highest BCUT2D eigenvalue weighted by atomic mass is 15.1. The molecule has 3 atom stereocenters. The average molecular weight is 193 g/mol. The van der Waals surface area contributed by atoms with E-state index in [1.807, 2.05) is 12.5 Å². The van der Waals surface area contributed by atoms with E-state index in [-0.39, 0.29) is 0 Å². The molecular formula is C11H19N3. The van der Waals surface area contributed by atoms with E-state index in [4.69, 9.17) is 5.73 Å². The normalized spacial score (nSPS) is 33.1. The first-order chi connectivity index (χ1) is 6.81. The summed E-state index contributed by atoms with van der Waals surface area (Å²) >= 11 is 0. The van der Waals surface area contributed by atoms with Crippen molar-refractivity contribution >= 4 is 0 Å². The maximum absolute atomic E-state index is 5.81. The van der Waals surface area contributed by atoms with Gasteiger partial charge in [-0.2, -0.15) is 0 Å². The Morgan fingerprint density at radius 3 is 3.00 bits per heavy atom. The molecule has 2 N–H and O–H groups in total. The van der Waals surface area contributed by atoms with Gasteiger partial charge < -0.3 is 10.3 Å². The number of aromatic nitrogens is 2. The van der Waals surface area contributed by atoms with Crippen molar-refractivity contribution in [2.45, 2.75) is 32.2 Å². The molecule has 2 rings (SSSR count). The third-order valence-corrected chi connectivity index (χ3v) is 3.43. The Labute approximate surface area is 85.3 Å². The van der Waals surface area contributed by atoms with Gasteiger partial charge in [-0.15, -0.1) is 0 Å². The van der Waals surface area contributed by atoms with E-state index in [2.05, 4.69) is 22.7 Å². The van der Waals surface area contributed by atoms with Crippen LogP contribution in [0.3, 0.4) is 0 Å². The van der Waals surface area contributed by atoms with Crippen molar-refractivity contribution < 1.29 is 0 Å². The zero-order valence-electron chi connectivity index (χ0n) is 8.76. The fourth-order valence-electron chi connectivity index (χ4n) is 2.52. The van der Waals surface area contributed by atoms with Crippen LogP contribution in [-0.4, -0.2) is 16.1 Å². The van der Waals surface area contributed by atoms with E-state index in [0.717, 1.165) is 12.5 Å². The lowest BCUT2D eigenvalue weighted by Gasteiger charge is -2.34. The number of nitrogens with two attached hydrogens (primary N) is 1. The maximum atomic E-state index is 5.81. The highest BCUT2D eigenvalue weighted by Crippen LogP contribution is 2.36.